The lowest BCUT2D eigenvalue weighted by molar-refractivity contribution is -0.870. The molecule has 59 heavy (non-hydrogen) atoms. The fraction of sp³-hybridized carbons (Fsp3) is 0.780. The van der Waals surface area contributed by atoms with Crippen molar-refractivity contribution in [3.05, 3.63) is 60.8 Å². The molecule has 2 atom stereocenters. The number of likely N-dealkylation sites (N-methyl/N-ethyl adjacent to an activating group) is 1. The Morgan fingerprint density at radius 3 is 1.49 bits per heavy atom. The number of nitrogens with zero attached hydrogens (tertiary/aromatic N) is 1. The summed E-state index contributed by atoms with van der Waals surface area (Å²) in [5, 5.41) is 0. The molecule has 9 heteroatoms. The number of esters is 1. The molecule has 0 aliphatic carbocycles. The third-order valence-corrected chi connectivity index (χ3v) is 11.0. The largest absolute Gasteiger partial charge is 0.472 e. The summed E-state index contributed by atoms with van der Waals surface area (Å²) in [6, 6.07) is 0. The normalized spacial score (nSPS) is 14.2. The van der Waals surface area contributed by atoms with Crippen LogP contribution in [0.5, 0.6) is 0 Å². The highest BCUT2D eigenvalue weighted by Gasteiger charge is 2.26. The van der Waals surface area contributed by atoms with Crippen LogP contribution >= 0.6 is 7.82 Å². The van der Waals surface area contributed by atoms with E-state index in [0.29, 0.717) is 24.1 Å². The van der Waals surface area contributed by atoms with Gasteiger partial charge in [-0.15, -0.1) is 0 Å². The fourth-order valence-electron chi connectivity index (χ4n) is 6.36. The van der Waals surface area contributed by atoms with Crippen molar-refractivity contribution in [3.8, 4) is 0 Å². The predicted molar refractivity (Wildman–Crippen MR) is 252 cm³/mol. The number of phosphoric ester groups is 1. The Hall–Kier alpha value is -1.80. The number of phosphoric acid groups is 1. The Morgan fingerprint density at radius 2 is 0.983 bits per heavy atom. The van der Waals surface area contributed by atoms with Crippen LogP contribution in [0.4, 0.5) is 0 Å². The Bertz CT molecular complexity index is 1130. The maximum atomic E-state index is 12.7. The number of unbranched alkanes of at least 4 members (excludes halogenated alkanes) is 20. The lowest BCUT2D eigenvalue weighted by Crippen LogP contribution is -2.37. The molecule has 0 rings (SSSR count). The van der Waals surface area contributed by atoms with Gasteiger partial charge < -0.3 is 18.9 Å². The number of hydrogen-bond acceptors (Lipinski definition) is 6. The van der Waals surface area contributed by atoms with E-state index >= 15 is 0 Å². The first-order chi connectivity index (χ1) is 28.6. The predicted octanol–water partition coefficient (Wildman–Crippen LogP) is 14.5. The number of carbonyl (C=O) groups is 1. The second-order valence-electron chi connectivity index (χ2n) is 17.1. The van der Waals surface area contributed by atoms with E-state index in [1.807, 2.05) is 21.1 Å². The summed E-state index contributed by atoms with van der Waals surface area (Å²) in [7, 11) is 1.65. The second kappa shape index (κ2) is 42.9. The van der Waals surface area contributed by atoms with Gasteiger partial charge in [0.25, 0.3) is 0 Å². The monoisotopic (exact) mass is 851 g/mol. The summed E-state index contributed by atoms with van der Waals surface area (Å²) >= 11 is 0. The molecule has 0 saturated heterocycles. The minimum absolute atomic E-state index is 0.0827. The summed E-state index contributed by atoms with van der Waals surface area (Å²) in [6.45, 7) is 5.48. The van der Waals surface area contributed by atoms with Crippen LogP contribution in [0, 0.1) is 0 Å². The van der Waals surface area contributed by atoms with E-state index in [9.17, 15) is 14.3 Å². The van der Waals surface area contributed by atoms with Crippen molar-refractivity contribution in [2.24, 2.45) is 0 Å². The highest BCUT2D eigenvalue weighted by molar-refractivity contribution is 7.47. The Kier molecular flexibility index (Phi) is 41.6. The van der Waals surface area contributed by atoms with Crippen LogP contribution in [0.25, 0.3) is 0 Å². The van der Waals surface area contributed by atoms with Crippen LogP contribution in [0.1, 0.15) is 194 Å². The number of allylic oxidation sites excluding steroid dienone is 10. The van der Waals surface area contributed by atoms with Gasteiger partial charge in [0.2, 0.25) is 0 Å². The molecule has 0 bridgehead atoms. The molecular formula is C50H93NO7P+. The van der Waals surface area contributed by atoms with Gasteiger partial charge in [-0.05, 0) is 77.0 Å². The van der Waals surface area contributed by atoms with Crippen molar-refractivity contribution in [1.82, 2.24) is 0 Å². The Balaban J connectivity index is 4.23. The minimum Gasteiger partial charge on any atom is -0.457 e. The summed E-state index contributed by atoms with van der Waals surface area (Å²) in [5.74, 6) is -0.329. The summed E-state index contributed by atoms with van der Waals surface area (Å²) in [4.78, 5) is 23.0. The summed E-state index contributed by atoms with van der Waals surface area (Å²) in [5.41, 5.74) is 0. The molecule has 0 aliphatic rings. The zero-order valence-electron chi connectivity index (χ0n) is 39.0. The maximum absolute atomic E-state index is 12.7. The Morgan fingerprint density at radius 1 is 0.542 bits per heavy atom. The van der Waals surface area contributed by atoms with Crippen molar-refractivity contribution in [1.29, 1.82) is 0 Å². The first-order valence-electron chi connectivity index (χ1n) is 24.0. The molecule has 0 spiro atoms. The molecule has 0 fully saturated rings. The molecule has 0 amide bonds. The molecule has 8 nitrogen and oxygen atoms in total. The van der Waals surface area contributed by atoms with E-state index in [1.165, 1.54) is 103 Å². The number of carbonyl (C=O) groups excluding carboxylic acids is 1. The smallest absolute Gasteiger partial charge is 0.457 e. The van der Waals surface area contributed by atoms with Crippen LogP contribution in [-0.4, -0.2) is 75.6 Å². The van der Waals surface area contributed by atoms with Gasteiger partial charge in [-0.3, -0.25) is 13.8 Å². The molecule has 0 radical (unpaired) electrons. The second-order valence-corrected chi connectivity index (χ2v) is 18.6. The van der Waals surface area contributed by atoms with Gasteiger partial charge in [0.05, 0.1) is 34.4 Å². The van der Waals surface area contributed by atoms with Crippen molar-refractivity contribution >= 4 is 13.8 Å². The first kappa shape index (κ1) is 57.2. The quantitative estimate of drug-likeness (QED) is 0.0215. The maximum Gasteiger partial charge on any atom is 0.472 e. The molecule has 0 saturated carbocycles. The van der Waals surface area contributed by atoms with Gasteiger partial charge in [0, 0.05) is 13.0 Å². The van der Waals surface area contributed by atoms with E-state index in [4.69, 9.17) is 18.5 Å². The fourth-order valence-corrected chi connectivity index (χ4v) is 7.10. The molecule has 0 aromatic carbocycles. The molecule has 1 N–H and O–H groups in total. The van der Waals surface area contributed by atoms with Crippen LogP contribution in [0.15, 0.2) is 60.8 Å². The van der Waals surface area contributed by atoms with Gasteiger partial charge >= 0.3 is 13.8 Å². The molecule has 344 valence electrons. The van der Waals surface area contributed by atoms with Gasteiger partial charge in [-0.2, -0.15) is 0 Å². The first-order valence-corrected chi connectivity index (χ1v) is 25.5. The van der Waals surface area contributed by atoms with E-state index in [0.717, 1.165) is 70.6 Å². The average Bonchev–Trinajstić information content (AvgIpc) is 3.19. The van der Waals surface area contributed by atoms with Crippen molar-refractivity contribution in [3.63, 3.8) is 0 Å². The SMILES string of the molecule is CC/C=C\C/C=C\C/C=C\C/C=C\CCCCCCCCC(=O)OC(COCCCCCCCCCC/C=C\CCCCCCCC)COP(=O)(O)OCC[N+](C)(C)C. The van der Waals surface area contributed by atoms with Gasteiger partial charge in [-0.25, -0.2) is 4.57 Å². The van der Waals surface area contributed by atoms with Crippen molar-refractivity contribution in [2.45, 2.75) is 200 Å². The van der Waals surface area contributed by atoms with Gasteiger partial charge in [0.1, 0.15) is 19.3 Å². The third-order valence-electron chi connectivity index (χ3n) is 10.1. The van der Waals surface area contributed by atoms with Crippen LogP contribution in [-0.2, 0) is 27.9 Å². The molecular weight excluding hydrogens is 758 g/mol. The van der Waals surface area contributed by atoms with E-state index < -0.39 is 13.9 Å². The molecule has 0 aromatic heterocycles. The zero-order valence-corrected chi connectivity index (χ0v) is 39.9. The number of quaternary nitrogens is 1. The number of ether oxygens (including phenoxy) is 2. The average molecular weight is 851 g/mol. The van der Waals surface area contributed by atoms with Crippen molar-refractivity contribution < 1.29 is 37.3 Å². The van der Waals surface area contributed by atoms with E-state index in [2.05, 4.69) is 74.6 Å². The standard InChI is InChI=1S/C50H92NO7P/c1-6-8-10-12-14-16-18-20-22-24-26-27-29-31-33-35-37-39-41-43-50(52)58-49(48-57-59(53,54)56-46-44-51(3,4)5)47-55-45-42-40-38-36-34-32-30-28-25-23-21-19-17-15-13-11-9-7-2/h8,10,14,16,20-23,26-27,49H,6-7,9,11-13,15,17-19,24-25,28-48H2,1-5H3/p+1/b10-8-,16-14-,22-20-,23-21-,27-26-. The minimum atomic E-state index is -4.29. The Labute approximate surface area is 364 Å². The topological polar surface area (TPSA) is 91.3 Å². The summed E-state index contributed by atoms with van der Waals surface area (Å²) in [6.07, 6.45) is 54.0. The number of hydrogen-bond donors (Lipinski definition) is 1. The van der Waals surface area contributed by atoms with E-state index in [1.54, 1.807) is 0 Å². The molecule has 2 unspecified atom stereocenters. The lowest BCUT2D eigenvalue weighted by Gasteiger charge is -2.24. The zero-order chi connectivity index (χ0) is 43.4. The van der Waals surface area contributed by atoms with Gasteiger partial charge in [-0.1, -0.05) is 171 Å². The lowest BCUT2D eigenvalue weighted by atomic mass is 10.1. The highest BCUT2D eigenvalue weighted by atomic mass is 31.2. The van der Waals surface area contributed by atoms with E-state index in [-0.39, 0.29) is 25.8 Å². The summed E-state index contributed by atoms with van der Waals surface area (Å²) < 4.78 is 35.1. The molecule has 0 heterocycles. The van der Waals surface area contributed by atoms with Crippen LogP contribution in [0.2, 0.25) is 0 Å². The van der Waals surface area contributed by atoms with Gasteiger partial charge in [0.15, 0.2) is 0 Å². The van der Waals surface area contributed by atoms with Crippen LogP contribution < -0.4 is 0 Å². The van der Waals surface area contributed by atoms with Crippen LogP contribution in [0.3, 0.4) is 0 Å². The third kappa shape index (κ3) is 47.1. The molecule has 0 aliphatic heterocycles. The number of rotatable bonds is 44. The molecule has 0 aromatic rings. The highest BCUT2D eigenvalue weighted by Crippen LogP contribution is 2.43. The van der Waals surface area contributed by atoms with Crippen molar-refractivity contribution in [2.75, 3.05) is 54.1 Å².